The monoisotopic (exact) mass is 292 g/mol. The highest BCUT2D eigenvalue weighted by molar-refractivity contribution is 6.30. The molecule has 106 valence electrons. The van der Waals surface area contributed by atoms with Crippen LogP contribution in [0.4, 0.5) is 0 Å². The van der Waals surface area contributed by atoms with E-state index in [0.717, 1.165) is 11.4 Å². The van der Waals surface area contributed by atoms with Gasteiger partial charge in [-0.25, -0.2) is 4.68 Å². The van der Waals surface area contributed by atoms with Gasteiger partial charge in [-0.2, -0.15) is 5.10 Å². The maximum atomic E-state index is 12.0. The van der Waals surface area contributed by atoms with E-state index in [2.05, 4.69) is 10.4 Å². The Kier molecular flexibility index (Phi) is 4.76. The number of nitrogens with one attached hydrogen (secondary N) is 1. The number of rotatable bonds is 5. The molecule has 0 saturated heterocycles. The van der Waals surface area contributed by atoms with E-state index in [1.165, 1.54) is 0 Å². The molecule has 0 bridgehead atoms. The van der Waals surface area contributed by atoms with Crippen molar-refractivity contribution in [3.05, 3.63) is 46.7 Å². The van der Waals surface area contributed by atoms with Gasteiger partial charge in [0.25, 0.3) is 5.91 Å². The van der Waals surface area contributed by atoms with Crippen molar-refractivity contribution in [2.24, 2.45) is 5.73 Å². The van der Waals surface area contributed by atoms with Gasteiger partial charge in [-0.15, -0.1) is 0 Å². The Labute approximate surface area is 122 Å². The van der Waals surface area contributed by atoms with E-state index < -0.39 is 0 Å². The summed E-state index contributed by atoms with van der Waals surface area (Å²) in [6, 6.07) is 7.37. The third kappa shape index (κ3) is 3.00. The average molecular weight is 293 g/mol. The number of aromatic nitrogens is 2. The number of nitrogens with zero attached hydrogens (tertiary/aromatic N) is 2. The van der Waals surface area contributed by atoms with Gasteiger partial charge in [0.05, 0.1) is 23.1 Å². The van der Waals surface area contributed by atoms with E-state index in [1.807, 2.05) is 25.1 Å². The van der Waals surface area contributed by atoms with Gasteiger partial charge in [-0.1, -0.05) is 24.6 Å². The summed E-state index contributed by atoms with van der Waals surface area (Å²) >= 11 is 5.99. The first-order valence-corrected chi connectivity index (χ1v) is 6.86. The van der Waals surface area contributed by atoms with Crippen LogP contribution in [0.25, 0.3) is 5.69 Å². The van der Waals surface area contributed by atoms with Crippen molar-refractivity contribution in [2.45, 2.75) is 13.3 Å². The van der Waals surface area contributed by atoms with Crippen LogP contribution in [-0.2, 0) is 6.42 Å². The first-order chi connectivity index (χ1) is 9.67. The summed E-state index contributed by atoms with van der Waals surface area (Å²) in [6.07, 6.45) is 2.27. The molecule has 0 aliphatic heterocycles. The Hall–Kier alpha value is -1.85. The van der Waals surface area contributed by atoms with Crippen molar-refractivity contribution in [1.29, 1.82) is 0 Å². The highest BCUT2D eigenvalue weighted by Gasteiger charge is 2.16. The van der Waals surface area contributed by atoms with Crippen LogP contribution in [0.5, 0.6) is 0 Å². The largest absolute Gasteiger partial charge is 0.351 e. The lowest BCUT2D eigenvalue weighted by Crippen LogP contribution is -2.29. The SMILES string of the molecule is CCc1c(C(=O)NCCN)cnn1-c1cccc(Cl)c1. The minimum Gasteiger partial charge on any atom is -0.351 e. The molecular weight excluding hydrogens is 276 g/mol. The topological polar surface area (TPSA) is 72.9 Å². The highest BCUT2D eigenvalue weighted by atomic mass is 35.5. The molecule has 1 aromatic carbocycles. The zero-order chi connectivity index (χ0) is 14.5. The Morgan fingerprint density at radius 1 is 1.50 bits per heavy atom. The van der Waals surface area contributed by atoms with Gasteiger partial charge in [0.15, 0.2) is 0 Å². The van der Waals surface area contributed by atoms with Crippen LogP contribution in [0.1, 0.15) is 23.0 Å². The fourth-order valence-electron chi connectivity index (χ4n) is 2.01. The van der Waals surface area contributed by atoms with Crippen molar-refractivity contribution < 1.29 is 4.79 Å². The Balaban J connectivity index is 2.37. The van der Waals surface area contributed by atoms with Crippen LogP contribution in [0.2, 0.25) is 5.02 Å². The maximum Gasteiger partial charge on any atom is 0.254 e. The summed E-state index contributed by atoms with van der Waals surface area (Å²) in [6.45, 7) is 2.84. The smallest absolute Gasteiger partial charge is 0.254 e. The van der Waals surface area contributed by atoms with E-state index in [0.29, 0.717) is 30.1 Å². The number of amides is 1. The average Bonchev–Trinajstić information content (AvgIpc) is 2.88. The summed E-state index contributed by atoms with van der Waals surface area (Å²) in [5, 5.41) is 7.68. The van der Waals surface area contributed by atoms with E-state index in [1.54, 1.807) is 16.9 Å². The second-order valence-electron chi connectivity index (χ2n) is 4.29. The van der Waals surface area contributed by atoms with E-state index in [-0.39, 0.29) is 5.91 Å². The van der Waals surface area contributed by atoms with Crippen LogP contribution < -0.4 is 11.1 Å². The minimum atomic E-state index is -0.152. The van der Waals surface area contributed by atoms with Gasteiger partial charge in [-0.3, -0.25) is 4.79 Å². The normalized spacial score (nSPS) is 10.6. The van der Waals surface area contributed by atoms with E-state index in [9.17, 15) is 4.79 Å². The molecule has 0 atom stereocenters. The molecule has 1 heterocycles. The molecule has 5 nitrogen and oxygen atoms in total. The highest BCUT2D eigenvalue weighted by Crippen LogP contribution is 2.19. The fraction of sp³-hybridized carbons (Fsp3) is 0.286. The molecule has 0 saturated carbocycles. The molecule has 0 aliphatic rings. The molecule has 20 heavy (non-hydrogen) atoms. The molecule has 0 aliphatic carbocycles. The molecule has 1 amide bonds. The minimum absolute atomic E-state index is 0.152. The second kappa shape index (κ2) is 6.54. The number of hydrogen-bond acceptors (Lipinski definition) is 3. The standard InChI is InChI=1S/C14H17ClN4O/c1-2-13-12(14(20)17-7-6-16)9-18-19(13)11-5-3-4-10(15)8-11/h3-5,8-9H,2,6-7,16H2,1H3,(H,17,20). The molecule has 2 rings (SSSR count). The zero-order valence-electron chi connectivity index (χ0n) is 11.3. The predicted molar refractivity (Wildman–Crippen MR) is 79.3 cm³/mol. The lowest BCUT2D eigenvalue weighted by molar-refractivity contribution is 0.0954. The Morgan fingerprint density at radius 3 is 2.95 bits per heavy atom. The van der Waals surface area contributed by atoms with Crippen molar-refractivity contribution in [1.82, 2.24) is 15.1 Å². The maximum absolute atomic E-state index is 12.0. The second-order valence-corrected chi connectivity index (χ2v) is 4.73. The van der Waals surface area contributed by atoms with Gasteiger partial charge >= 0.3 is 0 Å². The van der Waals surface area contributed by atoms with Gasteiger partial charge in [0, 0.05) is 18.1 Å². The van der Waals surface area contributed by atoms with Crippen molar-refractivity contribution in [3.8, 4) is 5.69 Å². The number of carbonyl (C=O) groups excluding carboxylic acids is 1. The van der Waals surface area contributed by atoms with Crippen molar-refractivity contribution in [2.75, 3.05) is 13.1 Å². The zero-order valence-corrected chi connectivity index (χ0v) is 12.0. The lowest BCUT2D eigenvalue weighted by atomic mass is 10.2. The number of benzene rings is 1. The summed E-state index contributed by atoms with van der Waals surface area (Å²) in [5.74, 6) is -0.152. The van der Waals surface area contributed by atoms with Crippen LogP contribution in [0.15, 0.2) is 30.5 Å². The summed E-state index contributed by atoms with van der Waals surface area (Å²) < 4.78 is 1.74. The van der Waals surface area contributed by atoms with Gasteiger partial charge in [-0.05, 0) is 24.6 Å². The molecular formula is C14H17ClN4O. The number of halogens is 1. The van der Waals surface area contributed by atoms with Crippen LogP contribution >= 0.6 is 11.6 Å². The number of carbonyl (C=O) groups is 1. The van der Waals surface area contributed by atoms with Gasteiger partial charge < -0.3 is 11.1 Å². The molecule has 1 aromatic heterocycles. The van der Waals surface area contributed by atoms with Crippen LogP contribution in [0, 0.1) is 0 Å². The number of hydrogen-bond donors (Lipinski definition) is 2. The van der Waals surface area contributed by atoms with E-state index >= 15 is 0 Å². The Bertz CT molecular complexity index is 609. The molecule has 0 radical (unpaired) electrons. The predicted octanol–water partition coefficient (Wildman–Crippen LogP) is 1.78. The van der Waals surface area contributed by atoms with Gasteiger partial charge in [0.2, 0.25) is 0 Å². The van der Waals surface area contributed by atoms with Crippen molar-refractivity contribution >= 4 is 17.5 Å². The quantitative estimate of drug-likeness (QED) is 0.882. The number of nitrogens with two attached hydrogens (primary N) is 1. The third-order valence-corrected chi connectivity index (χ3v) is 3.17. The first-order valence-electron chi connectivity index (χ1n) is 6.48. The lowest BCUT2D eigenvalue weighted by Gasteiger charge is -2.08. The third-order valence-electron chi connectivity index (χ3n) is 2.93. The molecule has 3 N–H and O–H groups in total. The molecule has 0 unspecified atom stereocenters. The summed E-state index contributed by atoms with van der Waals surface area (Å²) in [7, 11) is 0. The molecule has 6 heteroatoms. The first kappa shape index (κ1) is 14.6. The fourth-order valence-corrected chi connectivity index (χ4v) is 2.20. The molecule has 2 aromatic rings. The molecule has 0 spiro atoms. The summed E-state index contributed by atoms with van der Waals surface area (Å²) in [5.41, 5.74) is 7.65. The summed E-state index contributed by atoms with van der Waals surface area (Å²) in [4.78, 5) is 12.0. The van der Waals surface area contributed by atoms with E-state index in [4.69, 9.17) is 17.3 Å². The van der Waals surface area contributed by atoms with Crippen LogP contribution in [0.3, 0.4) is 0 Å². The Morgan fingerprint density at radius 2 is 2.30 bits per heavy atom. The van der Waals surface area contributed by atoms with Crippen LogP contribution in [-0.4, -0.2) is 28.8 Å². The van der Waals surface area contributed by atoms with Crippen molar-refractivity contribution in [3.63, 3.8) is 0 Å². The van der Waals surface area contributed by atoms with Gasteiger partial charge in [0.1, 0.15) is 0 Å². The molecule has 0 fully saturated rings.